The van der Waals surface area contributed by atoms with Crippen LogP contribution < -0.4 is 16.1 Å². The second-order valence-electron chi connectivity index (χ2n) is 8.29. The van der Waals surface area contributed by atoms with Crippen molar-refractivity contribution >= 4 is 34.0 Å². The molecule has 1 aromatic heterocycles. The van der Waals surface area contributed by atoms with Crippen molar-refractivity contribution < 1.29 is 23.5 Å². The summed E-state index contributed by atoms with van der Waals surface area (Å²) in [6, 6.07) is -0.155. The van der Waals surface area contributed by atoms with Crippen LogP contribution in [0.1, 0.15) is 42.1 Å². The average molecular weight is 418 g/mol. The van der Waals surface area contributed by atoms with Crippen molar-refractivity contribution in [3.05, 3.63) is 33.6 Å². The smallest absolute Gasteiger partial charge is 0.341 e. The number of carboxylic acid groups (broad SMARTS) is 1. The van der Waals surface area contributed by atoms with Gasteiger partial charge in [-0.25, -0.2) is 13.6 Å². The van der Waals surface area contributed by atoms with Crippen molar-refractivity contribution in [3.63, 3.8) is 0 Å². The Hall–Kier alpha value is -3.17. The number of fused-ring (bicyclic) bond motifs is 1. The van der Waals surface area contributed by atoms with E-state index in [0.717, 1.165) is 24.8 Å². The number of benzene rings is 1. The molecule has 0 amide bonds. The Balaban J connectivity index is 1.77. The Morgan fingerprint density at radius 3 is 2.60 bits per heavy atom. The number of oxime groups is 1. The van der Waals surface area contributed by atoms with Crippen LogP contribution in [0.2, 0.25) is 0 Å². The number of carboxylic acids is 1. The molecule has 2 heterocycles. The van der Waals surface area contributed by atoms with Gasteiger partial charge in [0.15, 0.2) is 11.6 Å². The van der Waals surface area contributed by atoms with Gasteiger partial charge in [-0.05, 0) is 25.7 Å². The zero-order valence-corrected chi connectivity index (χ0v) is 16.2. The van der Waals surface area contributed by atoms with Crippen molar-refractivity contribution in [3.8, 4) is 0 Å². The van der Waals surface area contributed by atoms with E-state index in [1.165, 1.54) is 16.6 Å². The van der Waals surface area contributed by atoms with Gasteiger partial charge in [0, 0.05) is 24.2 Å². The van der Waals surface area contributed by atoms with E-state index in [0.29, 0.717) is 19.4 Å². The van der Waals surface area contributed by atoms with Gasteiger partial charge in [-0.1, -0.05) is 5.16 Å². The summed E-state index contributed by atoms with van der Waals surface area (Å²) in [6.45, 7) is 0.558. The summed E-state index contributed by atoms with van der Waals surface area (Å²) >= 11 is 0. The van der Waals surface area contributed by atoms with E-state index in [-0.39, 0.29) is 29.2 Å². The number of anilines is 2. The highest BCUT2D eigenvalue weighted by Gasteiger charge is 2.54. The zero-order chi connectivity index (χ0) is 21.4. The van der Waals surface area contributed by atoms with Crippen LogP contribution in [0.3, 0.4) is 0 Å². The summed E-state index contributed by atoms with van der Waals surface area (Å²) in [6.07, 6.45) is 4.26. The maximum atomic E-state index is 15.8. The van der Waals surface area contributed by atoms with Gasteiger partial charge in [-0.2, -0.15) is 0 Å². The Morgan fingerprint density at radius 2 is 2.03 bits per heavy atom. The van der Waals surface area contributed by atoms with Gasteiger partial charge in [0.25, 0.3) is 0 Å². The van der Waals surface area contributed by atoms with E-state index in [9.17, 15) is 14.7 Å². The number of hydrogen-bond donors (Lipinski definition) is 2. The maximum Gasteiger partial charge on any atom is 0.341 e. The molecule has 1 aromatic carbocycles. The summed E-state index contributed by atoms with van der Waals surface area (Å²) in [5, 5.41) is 13.0. The molecule has 2 aliphatic carbocycles. The van der Waals surface area contributed by atoms with Crippen molar-refractivity contribution in [2.75, 3.05) is 30.8 Å². The highest BCUT2D eigenvalue weighted by Crippen LogP contribution is 2.53. The fraction of sp³-hybridized carbons (Fsp3) is 0.450. The lowest BCUT2D eigenvalue weighted by atomic mass is 10.0. The van der Waals surface area contributed by atoms with E-state index in [4.69, 9.17) is 10.6 Å². The van der Waals surface area contributed by atoms with Crippen LogP contribution >= 0.6 is 0 Å². The largest absolute Gasteiger partial charge is 0.477 e. The molecule has 2 saturated carbocycles. The molecule has 3 aliphatic rings. The number of aromatic nitrogens is 1. The molecule has 3 fully saturated rings. The lowest BCUT2D eigenvalue weighted by Gasteiger charge is -2.23. The molecule has 30 heavy (non-hydrogen) atoms. The molecule has 0 unspecified atom stereocenters. The van der Waals surface area contributed by atoms with Gasteiger partial charge in [0.2, 0.25) is 5.43 Å². The van der Waals surface area contributed by atoms with Crippen LogP contribution in [0.15, 0.2) is 16.1 Å². The predicted octanol–water partition coefficient (Wildman–Crippen LogP) is 2.50. The maximum absolute atomic E-state index is 15.8. The number of aromatic carboxylic acids is 1. The first-order chi connectivity index (χ1) is 14.3. The molecule has 1 aliphatic heterocycles. The minimum Gasteiger partial charge on any atom is -0.477 e. The number of rotatable bonds is 4. The predicted molar refractivity (Wildman–Crippen MR) is 106 cm³/mol. The van der Waals surface area contributed by atoms with Gasteiger partial charge in [0.1, 0.15) is 18.4 Å². The normalized spacial score (nSPS) is 21.0. The molecular formula is C20H20F2N4O4. The molecule has 1 spiro atoms. The summed E-state index contributed by atoms with van der Waals surface area (Å²) in [4.78, 5) is 30.7. The topological polar surface area (TPSA) is 110 Å². The number of nitrogens with zero attached hydrogens (tertiary/aromatic N) is 3. The number of halogens is 2. The third-order valence-electron chi connectivity index (χ3n) is 6.35. The molecular weight excluding hydrogens is 398 g/mol. The molecule has 0 atom stereocenters. The third kappa shape index (κ3) is 2.52. The van der Waals surface area contributed by atoms with Gasteiger partial charge in [-0.3, -0.25) is 4.79 Å². The molecule has 0 radical (unpaired) electrons. The van der Waals surface area contributed by atoms with E-state index >= 15 is 8.78 Å². The summed E-state index contributed by atoms with van der Waals surface area (Å²) < 4.78 is 32.5. The van der Waals surface area contributed by atoms with Gasteiger partial charge < -0.3 is 25.1 Å². The van der Waals surface area contributed by atoms with Crippen LogP contribution in [0.25, 0.3) is 10.9 Å². The summed E-state index contributed by atoms with van der Waals surface area (Å²) in [5.41, 5.74) is 3.89. The van der Waals surface area contributed by atoms with Crippen LogP contribution in [0.5, 0.6) is 0 Å². The molecule has 10 heteroatoms. The first-order valence-electron chi connectivity index (χ1n) is 9.73. The fourth-order valence-electron chi connectivity index (χ4n) is 4.48. The van der Waals surface area contributed by atoms with E-state index < -0.39 is 39.7 Å². The van der Waals surface area contributed by atoms with Gasteiger partial charge in [0.05, 0.1) is 28.8 Å². The minimum atomic E-state index is -1.46. The molecule has 1 saturated heterocycles. The number of nitrogens with two attached hydrogens (primary N) is 1. The summed E-state index contributed by atoms with van der Waals surface area (Å²) in [7, 11) is 1.43. The zero-order valence-electron chi connectivity index (χ0n) is 16.2. The second kappa shape index (κ2) is 6.16. The molecule has 8 nitrogen and oxygen atoms in total. The molecule has 3 N–H and O–H groups in total. The van der Waals surface area contributed by atoms with E-state index in [1.54, 1.807) is 0 Å². The molecule has 0 bridgehead atoms. The number of pyridine rings is 1. The number of nitrogen functional groups attached to an aromatic ring is 1. The van der Waals surface area contributed by atoms with Crippen molar-refractivity contribution in [2.45, 2.75) is 31.7 Å². The van der Waals surface area contributed by atoms with Crippen molar-refractivity contribution in [1.29, 1.82) is 0 Å². The number of hydrogen-bond acceptors (Lipinski definition) is 6. The standard InChI is InChI=1S/C20H20F2N4O4/c1-30-24-11-7-25(8-20(11)4-5-20)17-13(21)15(23)12-16(14(17)22)26(9-2-3-9)6-10(18(12)27)19(28)29/h6,9H,2-5,7-8,23H2,1H3,(H,28,29). The number of carbonyl (C=O) groups is 1. The van der Waals surface area contributed by atoms with Crippen LogP contribution in [0.4, 0.5) is 20.2 Å². The fourth-order valence-corrected chi connectivity index (χ4v) is 4.48. The van der Waals surface area contributed by atoms with Crippen LogP contribution in [-0.2, 0) is 4.84 Å². The summed E-state index contributed by atoms with van der Waals surface area (Å²) in [5.74, 6) is -3.43. The monoisotopic (exact) mass is 418 g/mol. The highest BCUT2D eigenvalue weighted by atomic mass is 19.1. The SMILES string of the molecule is CON=C1CN(c2c(F)c(N)c3c(=O)c(C(=O)O)cn(C4CC4)c3c2F)CC12CC2. The molecule has 2 aromatic rings. The average Bonchev–Trinajstić information content (AvgIpc) is 3.60. The lowest BCUT2D eigenvalue weighted by molar-refractivity contribution is 0.0695. The Morgan fingerprint density at radius 1 is 1.33 bits per heavy atom. The van der Waals surface area contributed by atoms with E-state index in [1.807, 2.05) is 0 Å². The van der Waals surface area contributed by atoms with Crippen LogP contribution in [0, 0.1) is 17.0 Å². The lowest BCUT2D eigenvalue weighted by Crippen LogP contribution is -2.26. The molecule has 158 valence electrons. The second-order valence-corrected chi connectivity index (χ2v) is 8.29. The Bertz CT molecular complexity index is 1200. The van der Waals surface area contributed by atoms with E-state index in [2.05, 4.69) is 5.16 Å². The van der Waals surface area contributed by atoms with Crippen molar-refractivity contribution in [2.24, 2.45) is 10.6 Å². The Kier molecular flexibility index (Phi) is 3.87. The minimum absolute atomic E-state index is 0.150. The van der Waals surface area contributed by atoms with Crippen molar-refractivity contribution in [1.82, 2.24) is 4.57 Å². The van der Waals surface area contributed by atoms with Gasteiger partial charge in [-0.15, -0.1) is 0 Å². The first kappa shape index (κ1) is 18.8. The quantitative estimate of drug-likeness (QED) is 0.583. The van der Waals surface area contributed by atoms with Gasteiger partial charge >= 0.3 is 5.97 Å². The third-order valence-corrected chi connectivity index (χ3v) is 6.35. The first-order valence-corrected chi connectivity index (χ1v) is 9.73. The Labute approximate surface area is 169 Å². The highest BCUT2D eigenvalue weighted by molar-refractivity contribution is 6.02. The molecule has 5 rings (SSSR count). The van der Waals surface area contributed by atoms with Crippen LogP contribution in [-0.4, -0.2) is 41.6 Å².